The van der Waals surface area contributed by atoms with Gasteiger partial charge in [0.2, 0.25) is 0 Å². The number of nitrogens with zero attached hydrogens (tertiary/aromatic N) is 2. The summed E-state index contributed by atoms with van der Waals surface area (Å²) < 4.78 is 2.04. The quantitative estimate of drug-likeness (QED) is 0.908. The molecule has 4 rings (SSSR count). The van der Waals surface area contributed by atoms with Crippen LogP contribution in [0, 0.1) is 5.92 Å². The van der Waals surface area contributed by atoms with Gasteiger partial charge in [0, 0.05) is 24.6 Å². The second-order valence-corrected chi connectivity index (χ2v) is 6.52. The van der Waals surface area contributed by atoms with Gasteiger partial charge in [0.25, 0.3) is 5.91 Å². The molecule has 2 aliphatic rings. The van der Waals surface area contributed by atoms with E-state index in [1.807, 2.05) is 28.8 Å². The molecule has 2 unspecified atom stereocenters. The van der Waals surface area contributed by atoms with Crippen LogP contribution in [0.5, 0.6) is 0 Å². The Balaban J connectivity index is 1.56. The molecule has 0 radical (unpaired) electrons. The molecule has 2 N–H and O–H groups in total. The predicted molar refractivity (Wildman–Crippen MR) is 82.8 cm³/mol. The number of rotatable bonds is 4. The van der Waals surface area contributed by atoms with E-state index in [-0.39, 0.29) is 17.9 Å². The lowest BCUT2D eigenvalue weighted by Gasteiger charge is -2.14. The first-order valence-electron chi connectivity index (χ1n) is 8.17. The zero-order chi connectivity index (χ0) is 15.1. The fourth-order valence-electron chi connectivity index (χ4n) is 3.42. The fraction of sp³-hybridized carbons (Fsp3) is 0.529. The molecule has 5 heteroatoms. The molecule has 22 heavy (non-hydrogen) atoms. The summed E-state index contributed by atoms with van der Waals surface area (Å²) in [5, 5.41) is 12.8. The molecule has 2 aromatic heterocycles. The molecule has 2 fully saturated rings. The number of pyridine rings is 1. The average Bonchev–Trinajstić information content (AvgIpc) is 3.18. The molecule has 2 heterocycles. The van der Waals surface area contributed by atoms with Gasteiger partial charge in [-0.25, -0.2) is 4.98 Å². The summed E-state index contributed by atoms with van der Waals surface area (Å²) in [6.07, 6.45) is 6.89. The Morgan fingerprint density at radius 1 is 1.32 bits per heavy atom. The lowest BCUT2D eigenvalue weighted by molar-refractivity contribution is 0.0914. The lowest BCUT2D eigenvalue weighted by Crippen LogP contribution is -2.32. The Kier molecular flexibility index (Phi) is 3.37. The topological polar surface area (TPSA) is 66.6 Å². The Morgan fingerprint density at radius 3 is 2.91 bits per heavy atom. The molecule has 116 valence electrons. The second-order valence-electron chi connectivity index (χ2n) is 6.52. The highest BCUT2D eigenvalue weighted by atomic mass is 16.3. The normalized spacial score (nSPS) is 24.8. The molecular formula is C17H21N3O2. The van der Waals surface area contributed by atoms with Gasteiger partial charge >= 0.3 is 0 Å². The maximum absolute atomic E-state index is 12.5. The first-order valence-corrected chi connectivity index (χ1v) is 8.17. The van der Waals surface area contributed by atoms with Crippen LogP contribution in [0.4, 0.5) is 0 Å². The summed E-state index contributed by atoms with van der Waals surface area (Å²) in [5.41, 5.74) is 1.38. The van der Waals surface area contributed by atoms with Crippen molar-refractivity contribution in [3.8, 4) is 0 Å². The van der Waals surface area contributed by atoms with E-state index in [4.69, 9.17) is 0 Å². The molecule has 2 atom stereocenters. The van der Waals surface area contributed by atoms with Gasteiger partial charge in [-0.2, -0.15) is 0 Å². The maximum atomic E-state index is 12.5. The minimum absolute atomic E-state index is 0.130. The summed E-state index contributed by atoms with van der Waals surface area (Å²) in [6, 6.07) is 5.85. The van der Waals surface area contributed by atoms with E-state index in [2.05, 4.69) is 10.3 Å². The number of fused-ring (bicyclic) bond motifs is 1. The number of amides is 1. The van der Waals surface area contributed by atoms with Crippen molar-refractivity contribution >= 4 is 11.4 Å². The average molecular weight is 299 g/mol. The first-order chi connectivity index (χ1) is 10.7. The van der Waals surface area contributed by atoms with E-state index in [9.17, 15) is 9.90 Å². The van der Waals surface area contributed by atoms with E-state index in [1.165, 1.54) is 0 Å². The molecule has 0 aromatic carbocycles. The highest BCUT2D eigenvalue weighted by Gasteiger charge is 2.31. The molecule has 2 aromatic rings. The third-order valence-corrected chi connectivity index (χ3v) is 4.88. The number of imidazole rings is 1. The summed E-state index contributed by atoms with van der Waals surface area (Å²) in [4.78, 5) is 17.1. The van der Waals surface area contributed by atoms with Crippen molar-refractivity contribution in [2.45, 2.75) is 44.1 Å². The first kappa shape index (κ1) is 13.8. The van der Waals surface area contributed by atoms with Gasteiger partial charge in [-0.1, -0.05) is 12.5 Å². The van der Waals surface area contributed by atoms with Crippen molar-refractivity contribution in [1.82, 2.24) is 14.7 Å². The Morgan fingerprint density at radius 2 is 2.18 bits per heavy atom. The fourth-order valence-corrected chi connectivity index (χ4v) is 3.42. The van der Waals surface area contributed by atoms with Crippen LogP contribution in [0.1, 0.15) is 54.3 Å². The number of hydrogen-bond acceptors (Lipinski definition) is 3. The molecule has 0 saturated heterocycles. The van der Waals surface area contributed by atoms with E-state index in [1.54, 1.807) is 0 Å². The number of carbonyl (C=O) groups excluding carboxylic acids is 1. The van der Waals surface area contributed by atoms with Gasteiger partial charge in [0.1, 0.15) is 5.82 Å². The molecule has 0 bridgehead atoms. The molecule has 1 amide bonds. The van der Waals surface area contributed by atoms with Crippen LogP contribution in [0.3, 0.4) is 0 Å². The molecule has 0 aliphatic heterocycles. The highest BCUT2D eigenvalue weighted by molar-refractivity contribution is 5.99. The van der Waals surface area contributed by atoms with Gasteiger partial charge < -0.3 is 14.8 Å². The molecular weight excluding hydrogens is 278 g/mol. The van der Waals surface area contributed by atoms with E-state index >= 15 is 0 Å². The minimum atomic E-state index is -0.277. The van der Waals surface area contributed by atoms with Crippen LogP contribution in [-0.2, 0) is 0 Å². The number of aromatic nitrogens is 2. The van der Waals surface area contributed by atoms with Gasteiger partial charge in [-0.05, 0) is 37.8 Å². The molecule has 5 nitrogen and oxygen atoms in total. The summed E-state index contributed by atoms with van der Waals surface area (Å²) in [6.45, 7) is 0.532. The van der Waals surface area contributed by atoms with Crippen LogP contribution in [-0.4, -0.2) is 33.0 Å². The Hall–Kier alpha value is -1.88. The predicted octanol–water partition coefficient (Wildman–Crippen LogP) is 2.10. The second kappa shape index (κ2) is 5.39. The summed E-state index contributed by atoms with van der Waals surface area (Å²) in [5.74, 6) is 1.55. The Labute approximate surface area is 129 Å². The number of carbonyl (C=O) groups is 1. The van der Waals surface area contributed by atoms with Gasteiger partial charge in [0.15, 0.2) is 5.69 Å². The van der Waals surface area contributed by atoms with Crippen LogP contribution in [0.25, 0.3) is 5.52 Å². The smallest absolute Gasteiger partial charge is 0.272 e. The Bertz CT molecular complexity index is 705. The van der Waals surface area contributed by atoms with Crippen LogP contribution in [0.2, 0.25) is 0 Å². The molecule has 2 aliphatic carbocycles. The molecule has 0 spiro atoms. The van der Waals surface area contributed by atoms with Gasteiger partial charge in [-0.3, -0.25) is 4.79 Å². The number of aliphatic hydroxyl groups excluding tert-OH is 1. The highest BCUT2D eigenvalue weighted by Crippen LogP contribution is 2.40. The third-order valence-electron chi connectivity index (χ3n) is 4.88. The third kappa shape index (κ3) is 2.39. The largest absolute Gasteiger partial charge is 0.393 e. The minimum Gasteiger partial charge on any atom is -0.393 e. The van der Waals surface area contributed by atoms with Crippen LogP contribution >= 0.6 is 0 Å². The van der Waals surface area contributed by atoms with E-state index in [0.29, 0.717) is 18.2 Å². The van der Waals surface area contributed by atoms with Crippen molar-refractivity contribution < 1.29 is 9.90 Å². The van der Waals surface area contributed by atoms with Crippen molar-refractivity contribution in [1.29, 1.82) is 0 Å². The number of hydrogen-bond donors (Lipinski definition) is 2. The summed E-state index contributed by atoms with van der Waals surface area (Å²) >= 11 is 0. The zero-order valence-corrected chi connectivity index (χ0v) is 12.5. The monoisotopic (exact) mass is 299 g/mol. The van der Waals surface area contributed by atoms with Crippen molar-refractivity contribution in [3.63, 3.8) is 0 Å². The maximum Gasteiger partial charge on any atom is 0.272 e. The van der Waals surface area contributed by atoms with Crippen molar-refractivity contribution in [3.05, 3.63) is 35.9 Å². The standard InChI is InChI=1S/C17H21N3O2/c21-14-6-3-4-12(14)10-18-17(22)15-13-5-1-2-9-20(13)16(19-15)11-7-8-11/h1-2,5,9,11-12,14,21H,3-4,6-8,10H2,(H,18,22). The zero-order valence-electron chi connectivity index (χ0n) is 12.5. The van der Waals surface area contributed by atoms with Crippen molar-refractivity contribution in [2.24, 2.45) is 5.92 Å². The number of nitrogens with one attached hydrogen (secondary N) is 1. The van der Waals surface area contributed by atoms with Gasteiger partial charge in [-0.15, -0.1) is 0 Å². The van der Waals surface area contributed by atoms with Crippen LogP contribution in [0.15, 0.2) is 24.4 Å². The van der Waals surface area contributed by atoms with E-state index in [0.717, 1.165) is 43.4 Å². The molecule has 2 saturated carbocycles. The SMILES string of the molecule is O=C(NCC1CCCC1O)c1nc(C2CC2)n2ccccc12. The number of aliphatic hydroxyl groups is 1. The van der Waals surface area contributed by atoms with Crippen LogP contribution < -0.4 is 5.32 Å². The lowest BCUT2D eigenvalue weighted by atomic mass is 10.1. The summed E-state index contributed by atoms with van der Waals surface area (Å²) in [7, 11) is 0. The van der Waals surface area contributed by atoms with Crippen molar-refractivity contribution in [2.75, 3.05) is 6.54 Å². The van der Waals surface area contributed by atoms with E-state index < -0.39 is 0 Å². The van der Waals surface area contributed by atoms with Gasteiger partial charge in [0.05, 0.1) is 11.6 Å².